The molecule has 4 rings (SSSR count). The first-order chi connectivity index (χ1) is 15.2. The van der Waals surface area contributed by atoms with Crippen LogP contribution in [0.5, 0.6) is 0 Å². The molecule has 0 radical (unpaired) electrons. The van der Waals surface area contributed by atoms with Gasteiger partial charge in [0, 0.05) is 12.4 Å². The molecule has 1 aliphatic heterocycles. The number of carbonyl (C=O) groups is 2. The Bertz CT molecular complexity index is 1180. The maximum atomic E-state index is 13.1. The van der Waals surface area contributed by atoms with Crippen LogP contribution in [0.2, 0.25) is 5.02 Å². The molecule has 1 aromatic heterocycles. The smallest absolute Gasteiger partial charge is 0.264 e. The van der Waals surface area contributed by atoms with Crippen LogP contribution in [0.15, 0.2) is 65.8 Å². The summed E-state index contributed by atoms with van der Waals surface area (Å²) in [7, 11) is 0. The summed E-state index contributed by atoms with van der Waals surface area (Å²) in [4.78, 5) is 31.8. The van der Waals surface area contributed by atoms with Crippen molar-refractivity contribution in [2.45, 2.75) is 37.6 Å². The van der Waals surface area contributed by atoms with Crippen molar-refractivity contribution in [1.29, 1.82) is 0 Å². The molecule has 1 N–H and O–H groups in total. The number of rotatable bonds is 5. The summed E-state index contributed by atoms with van der Waals surface area (Å²) in [5.74, 6) is -0.956. The summed E-state index contributed by atoms with van der Waals surface area (Å²) in [5, 5.41) is 0.182. The fraction of sp³-hybridized carbons (Fsp3) is 0.208. The number of carbonyl (C=O) groups excluding carboxylic acids is 2. The Hall–Kier alpha value is -2.87. The van der Waals surface area contributed by atoms with Gasteiger partial charge in [0.05, 0.1) is 28.4 Å². The summed E-state index contributed by atoms with van der Waals surface area (Å²) in [5.41, 5.74) is 2.43. The van der Waals surface area contributed by atoms with E-state index in [0.717, 1.165) is 16.0 Å². The predicted molar refractivity (Wildman–Crippen MR) is 125 cm³/mol. The Balaban J connectivity index is 1.62. The van der Waals surface area contributed by atoms with E-state index in [-0.39, 0.29) is 28.1 Å². The van der Waals surface area contributed by atoms with E-state index in [1.165, 1.54) is 6.07 Å². The standard InChI is InChI=1S/C24H22ClN3O3S/c1-24(2,3)16-4-6-17(7-5-16)32(31)27-19-9-8-18(25)20-21(19)23(30)28(22(20)29)14-15-10-12-26-13-11-15/h4-13,27H,14H2,1-3H3. The highest BCUT2D eigenvalue weighted by Gasteiger charge is 2.40. The second-order valence-corrected chi connectivity index (χ2v) is 10.2. The molecule has 32 heavy (non-hydrogen) atoms. The van der Waals surface area contributed by atoms with Crippen LogP contribution in [0.1, 0.15) is 52.6 Å². The first-order valence-corrected chi connectivity index (χ1v) is 11.6. The molecule has 0 aliphatic carbocycles. The molecule has 2 aromatic carbocycles. The molecule has 2 heterocycles. The third-order valence-electron chi connectivity index (χ3n) is 5.30. The van der Waals surface area contributed by atoms with Gasteiger partial charge in [0.2, 0.25) is 0 Å². The summed E-state index contributed by atoms with van der Waals surface area (Å²) in [6.07, 6.45) is 3.20. The molecule has 2 amide bonds. The van der Waals surface area contributed by atoms with E-state index >= 15 is 0 Å². The van der Waals surface area contributed by atoms with Crippen LogP contribution in [0.3, 0.4) is 0 Å². The second kappa shape index (κ2) is 8.58. The Morgan fingerprint density at radius 3 is 2.22 bits per heavy atom. The van der Waals surface area contributed by atoms with E-state index in [4.69, 9.17) is 11.6 Å². The Morgan fingerprint density at radius 2 is 1.59 bits per heavy atom. The van der Waals surface area contributed by atoms with E-state index < -0.39 is 23.2 Å². The second-order valence-electron chi connectivity index (χ2n) is 8.54. The van der Waals surface area contributed by atoms with Crippen LogP contribution >= 0.6 is 11.6 Å². The fourth-order valence-electron chi connectivity index (χ4n) is 3.51. The van der Waals surface area contributed by atoms with Crippen molar-refractivity contribution in [3.63, 3.8) is 0 Å². The average Bonchev–Trinajstić information content (AvgIpc) is 3.02. The number of nitrogens with one attached hydrogen (secondary N) is 1. The van der Waals surface area contributed by atoms with Crippen molar-refractivity contribution < 1.29 is 14.1 Å². The molecule has 0 saturated heterocycles. The number of aromatic nitrogens is 1. The lowest BCUT2D eigenvalue weighted by Crippen LogP contribution is -2.29. The molecular formula is C24H22ClN3O3S. The van der Waals surface area contributed by atoms with Crippen molar-refractivity contribution in [3.05, 3.63) is 88.2 Å². The molecule has 0 saturated carbocycles. The lowest BCUT2D eigenvalue weighted by molar-refractivity contribution is 0.0642. The highest BCUT2D eigenvalue weighted by Crippen LogP contribution is 2.36. The number of imide groups is 1. The molecule has 1 aliphatic rings. The predicted octanol–water partition coefficient (Wildman–Crippen LogP) is 4.96. The van der Waals surface area contributed by atoms with Gasteiger partial charge >= 0.3 is 0 Å². The van der Waals surface area contributed by atoms with Gasteiger partial charge in [-0.25, -0.2) is 4.72 Å². The van der Waals surface area contributed by atoms with E-state index in [1.807, 2.05) is 12.1 Å². The Morgan fingerprint density at radius 1 is 0.969 bits per heavy atom. The molecule has 1 atom stereocenters. The third-order valence-corrected chi connectivity index (χ3v) is 6.72. The zero-order chi connectivity index (χ0) is 23.0. The van der Waals surface area contributed by atoms with E-state index in [9.17, 15) is 14.1 Å². The lowest BCUT2D eigenvalue weighted by Gasteiger charge is -2.19. The van der Waals surface area contributed by atoms with Crippen molar-refractivity contribution in [3.8, 4) is 0 Å². The van der Waals surface area contributed by atoms with Crippen LogP contribution < -0.4 is 4.72 Å². The minimum absolute atomic E-state index is 0.0183. The Kier molecular flexibility index (Phi) is 5.99. The normalized spacial score (nSPS) is 14.5. The number of amides is 2. The third kappa shape index (κ3) is 4.24. The van der Waals surface area contributed by atoms with Crippen LogP contribution in [0.4, 0.5) is 5.69 Å². The number of benzene rings is 2. The number of hydrogen-bond acceptors (Lipinski definition) is 5. The average molecular weight is 468 g/mol. The minimum atomic E-state index is -1.63. The van der Waals surface area contributed by atoms with Crippen LogP contribution in [0, 0.1) is 0 Å². The highest BCUT2D eigenvalue weighted by molar-refractivity contribution is 7.92. The first-order valence-electron chi connectivity index (χ1n) is 10.0. The molecule has 0 spiro atoms. The van der Waals surface area contributed by atoms with Gasteiger partial charge in [-0.05, 0) is 52.9 Å². The monoisotopic (exact) mass is 467 g/mol. The van der Waals surface area contributed by atoms with Crippen LogP contribution in [-0.4, -0.2) is 26.3 Å². The van der Waals surface area contributed by atoms with E-state index in [1.54, 1.807) is 42.7 Å². The number of nitrogens with zero attached hydrogens (tertiary/aromatic N) is 2. The molecule has 6 nitrogen and oxygen atoms in total. The zero-order valence-electron chi connectivity index (χ0n) is 17.9. The van der Waals surface area contributed by atoms with Gasteiger partial charge in [0.25, 0.3) is 11.8 Å². The van der Waals surface area contributed by atoms with Crippen molar-refractivity contribution in [1.82, 2.24) is 9.88 Å². The first kappa shape index (κ1) is 22.3. The molecule has 3 aromatic rings. The molecule has 1 unspecified atom stereocenters. The molecule has 0 bridgehead atoms. The number of anilines is 1. The van der Waals surface area contributed by atoms with Gasteiger partial charge in [-0.15, -0.1) is 0 Å². The quantitative estimate of drug-likeness (QED) is 0.423. The number of hydrogen-bond donors (Lipinski definition) is 1. The topological polar surface area (TPSA) is 85.4 Å². The molecule has 8 heteroatoms. The van der Waals surface area contributed by atoms with Gasteiger partial charge in [-0.3, -0.25) is 19.5 Å². The maximum absolute atomic E-state index is 13.1. The zero-order valence-corrected chi connectivity index (χ0v) is 19.5. The van der Waals surface area contributed by atoms with E-state index in [0.29, 0.717) is 10.6 Å². The lowest BCUT2D eigenvalue weighted by atomic mass is 9.87. The largest absolute Gasteiger partial charge is 0.588 e. The molecule has 164 valence electrons. The van der Waals surface area contributed by atoms with Crippen LogP contribution in [0.25, 0.3) is 0 Å². The van der Waals surface area contributed by atoms with Gasteiger partial charge in [-0.2, -0.15) is 0 Å². The van der Waals surface area contributed by atoms with Gasteiger partial charge in [0.15, 0.2) is 4.90 Å². The van der Waals surface area contributed by atoms with Crippen molar-refractivity contribution >= 4 is 40.5 Å². The number of fused-ring (bicyclic) bond motifs is 1. The van der Waals surface area contributed by atoms with Gasteiger partial charge < -0.3 is 4.55 Å². The van der Waals surface area contributed by atoms with Gasteiger partial charge in [0.1, 0.15) is 11.4 Å². The number of pyridine rings is 1. The SMILES string of the molecule is CC(C)(C)c1ccc([S+]([O-])Nc2ccc(Cl)c3c2C(=O)N(Cc2ccncc2)C3=O)cc1. The van der Waals surface area contributed by atoms with Gasteiger partial charge in [-0.1, -0.05) is 44.5 Å². The summed E-state index contributed by atoms with van der Waals surface area (Å²) in [6, 6.07) is 14.0. The highest BCUT2D eigenvalue weighted by atomic mass is 35.5. The summed E-state index contributed by atoms with van der Waals surface area (Å²) in [6.45, 7) is 6.42. The van der Waals surface area contributed by atoms with Crippen molar-refractivity contribution in [2.75, 3.05) is 4.72 Å². The summed E-state index contributed by atoms with van der Waals surface area (Å²) < 4.78 is 15.9. The Labute approximate surface area is 194 Å². The number of halogens is 1. The van der Waals surface area contributed by atoms with E-state index in [2.05, 4.69) is 30.5 Å². The van der Waals surface area contributed by atoms with Crippen LogP contribution in [-0.2, 0) is 23.3 Å². The summed E-state index contributed by atoms with van der Waals surface area (Å²) >= 11 is 4.64. The molecular weight excluding hydrogens is 446 g/mol. The molecule has 0 fully saturated rings. The minimum Gasteiger partial charge on any atom is -0.588 e. The fourth-order valence-corrected chi connectivity index (χ4v) is 4.62. The maximum Gasteiger partial charge on any atom is 0.264 e. The van der Waals surface area contributed by atoms with Crippen molar-refractivity contribution in [2.24, 2.45) is 0 Å².